The number of carbonyl (C=O) groups is 1. The molecule has 0 amide bonds. The number of carboxylic acids is 1. The number of benzene rings is 2. The molecule has 124 valence electrons. The van der Waals surface area contributed by atoms with Gasteiger partial charge in [0.15, 0.2) is 0 Å². The molecule has 23 heavy (non-hydrogen) atoms. The van der Waals surface area contributed by atoms with E-state index in [0.717, 1.165) is 22.4 Å². The smallest absolute Gasteiger partial charge is 0.304 e. The molecule has 0 aliphatic carbocycles. The average Bonchev–Trinajstić information content (AvgIpc) is 2.47. The van der Waals surface area contributed by atoms with Crippen molar-refractivity contribution in [3.8, 4) is 16.9 Å². The number of methoxy groups -OCH3 is 1. The zero-order valence-corrected chi connectivity index (χ0v) is 14.2. The van der Waals surface area contributed by atoms with Gasteiger partial charge in [-0.2, -0.15) is 0 Å². The number of hydrogen-bond donors (Lipinski definition) is 2. The molecule has 0 saturated heterocycles. The van der Waals surface area contributed by atoms with Crippen molar-refractivity contribution in [1.82, 2.24) is 0 Å². The van der Waals surface area contributed by atoms with Crippen molar-refractivity contribution in [1.29, 1.82) is 0 Å². The molecule has 2 aromatic carbocycles. The van der Waals surface area contributed by atoms with E-state index in [2.05, 4.69) is 0 Å². The van der Waals surface area contributed by atoms with Crippen LogP contribution in [-0.4, -0.2) is 24.2 Å². The van der Waals surface area contributed by atoms with Gasteiger partial charge in [-0.1, -0.05) is 35.9 Å². The molecule has 0 saturated carbocycles. The number of hydrogen-bond acceptors (Lipinski definition) is 3. The molecular formula is C17H19Cl2NO3. The molecule has 0 fully saturated rings. The molecule has 0 aliphatic heterocycles. The van der Waals surface area contributed by atoms with Crippen LogP contribution in [0.5, 0.6) is 5.75 Å². The highest BCUT2D eigenvalue weighted by atomic mass is 35.5. The van der Waals surface area contributed by atoms with Crippen LogP contribution in [-0.2, 0) is 11.2 Å². The minimum absolute atomic E-state index is 0. The Hall–Kier alpha value is -1.75. The summed E-state index contributed by atoms with van der Waals surface area (Å²) in [6.07, 6.45) is 0.489. The van der Waals surface area contributed by atoms with E-state index >= 15 is 0 Å². The standard InChI is InChI=1S/C17H18ClNO3.ClH/c1-22-16-7-6-13(18)9-15(16)12-4-2-11(3-5-12)8-14(19)10-17(20)21;/h2-7,9,14H,8,10,19H2,1H3,(H,20,21);1H. The van der Waals surface area contributed by atoms with Gasteiger partial charge in [-0.25, -0.2) is 0 Å². The maximum Gasteiger partial charge on any atom is 0.304 e. The molecule has 0 aliphatic rings. The lowest BCUT2D eigenvalue weighted by molar-refractivity contribution is -0.137. The molecule has 1 unspecified atom stereocenters. The second kappa shape index (κ2) is 8.77. The van der Waals surface area contributed by atoms with E-state index in [1.807, 2.05) is 36.4 Å². The Morgan fingerprint density at radius 3 is 2.48 bits per heavy atom. The first-order chi connectivity index (χ1) is 10.5. The van der Waals surface area contributed by atoms with Crippen LogP contribution in [0, 0.1) is 0 Å². The molecule has 0 aromatic heterocycles. The number of aliphatic carboxylic acids is 1. The van der Waals surface area contributed by atoms with Gasteiger partial charge in [0.25, 0.3) is 0 Å². The molecule has 0 heterocycles. The van der Waals surface area contributed by atoms with E-state index in [1.54, 1.807) is 13.2 Å². The highest BCUT2D eigenvalue weighted by Crippen LogP contribution is 2.32. The lowest BCUT2D eigenvalue weighted by atomic mass is 9.99. The number of ether oxygens (including phenoxy) is 1. The molecule has 3 N–H and O–H groups in total. The SMILES string of the molecule is COc1ccc(Cl)cc1-c1ccc(CC(N)CC(=O)O)cc1.Cl. The van der Waals surface area contributed by atoms with Crippen LogP contribution in [0.2, 0.25) is 5.02 Å². The van der Waals surface area contributed by atoms with Gasteiger partial charge in [0.2, 0.25) is 0 Å². The summed E-state index contributed by atoms with van der Waals surface area (Å²) in [6, 6.07) is 12.9. The molecule has 0 spiro atoms. The Morgan fingerprint density at radius 2 is 1.91 bits per heavy atom. The number of halogens is 2. The van der Waals surface area contributed by atoms with Crippen molar-refractivity contribution < 1.29 is 14.6 Å². The maximum absolute atomic E-state index is 10.6. The van der Waals surface area contributed by atoms with Crippen molar-refractivity contribution in [2.75, 3.05) is 7.11 Å². The van der Waals surface area contributed by atoms with Gasteiger partial charge >= 0.3 is 5.97 Å². The van der Waals surface area contributed by atoms with E-state index in [9.17, 15) is 4.79 Å². The summed E-state index contributed by atoms with van der Waals surface area (Å²) >= 11 is 6.04. The topological polar surface area (TPSA) is 72.5 Å². The zero-order valence-electron chi connectivity index (χ0n) is 12.7. The van der Waals surface area contributed by atoms with E-state index in [-0.39, 0.29) is 24.9 Å². The maximum atomic E-state index is 10.6. The third-order valence-corrected chi connectivity index (χ3v) is 3.60. The van der Waals surface area contributed by atoms with Gasteiger partial charge in [0.05, 0.1) is 13.5 Å². The summed E-state index contributed by atoms with van der Waals surface area (Å²) in [5.74, 6) is -0.132. The largest absolute Gasteiger partial charge is 0.496 e. The summed E-state index contributed by atoms with van der Waals surface area (Å²) < 4.78 is 5.35. The highest BCUT2D eigenvalue weighted by Gasteiger charge is 2.10. The first-order valence-electron chi connectivity index (χ1n) is 6.90. The third-order valence-electron chi connectivity index (χ3n) is 3.36. The summed E-state index contributed by atoms with van der Waals surface area (Å²) in [6.45, 7) is 0. The van der Waals surface area contributed by atoms with E-state index in [1.165, 1.54) is 0 Å². The molecule has 0 radical (unpaired) electrons. The van der Waals surface area contributed by atoms with Crippen LogP contribution in [0.25, 0.3) is 11.1 Å². The summed E-state index contributed by atoms with van der Waals surface area (Å²) in [7, 11) is 1.62. The molecule has 6 heteroatoms. The van der Waals surface area contributed by atoms with Crippen molar-refractivity contribution in [3.63, 3.8) is 0 Å². The second-order valence-electron chi connectivity index (χ2n) is 5.10. The normalized spacial score (nSPS) is 11.4. The van der Waals surface area contributed by atoms with E-state index in [4.69, 9.17) is 27.2 Å². The lowest BCUT2D eigenvalue weighted by Crippen LogP contribution is -2.26. The van der Waals surface area contributed by atoms with Gasteiger partial charge < -0.3 is 15.6 Å². The van der Waals surface area contributed by atoms with Crippen LogP contribution >= 0.6 is 24.0 Å². The monoisotopic (exact) mass is 355 g/mol. The molecular weight excluding hydrogens is 337 g/mol. The number of nitrogens with two attached hydrogens (primary N) is 1. The van der Waals surface area contributed by atoms with Gasteiger partial charge in [-0.05, 0) is 35.7 Å². The Balaban J connectivity index is 0.00000264. The van der Waals surface area contributed by atoms with Crippen molar-refractivity contribution in [3.05, 3.63) is 53.1 Å². The lowest BCUT2D eigenvalue weighted by Gasteiger charge is -2.11. The highest BCUT2D eigenvalue weighted by molar-refractivity contribution is 6.31. The molecule has 2 rings (SSSR count). The zero-order chi connectivity index (χ0) is 16.1. The first kappa shape index (κ1) is 19.3. The van der Waals surface area contributed by atoms with Crippen LogP contribution in [0.1, 0.15) is 12.0 Å². The fourth-order valence-corrected chi connectivity index (χ4v) is 2.50. The van der Waals surface area contributed by atoms with Crippen LogP contribution in [0.4, 0.5) is 0 Å². The number of rotatable bonds is 6. The second-order valence-corrected chi connectivity index (χ2v) is 5.54. The Bertz CT molecular complexity index is 659. The molecule has 1 atom stereocenters. The Morgan fingerprint density at radius 1 is 1.26 bits per heavy atom. The van der Waals surface area contributed by atoms with Crippen LogP contribution in [0.3, 0.4) is 0 Å². The summed E-state index contributed by atoms with van der Waals surface area (Å²) in [5.41, 5.74) is 8.70. The average molecular weight is 356 g/mol. The predicted octanol–water partition coefficient (Wildman–Crippen LogP) is 3.78. The minimum Gasteiger partial charge on any atom is -0.496 e. The van der Waals surface area contributed by atoms with Gasteiger partial charge in [0, 0.05) is 16.6 Å². The summed E-state index contributed by atoms with van der Waals surface area (Å²) in [4.78, 5) is 10.6. The first-order valence-corrected chi connectivity index (χ1v) is 7.27. The molecule has 4 nitrogen and oxygen atoms in total. The predicted molar refractivity (Wildman–Crippen MR) is 94.6 cm³/mol. The third kappa shape index (κ3) is 5.43. The van der Waals surface area contributed by atoms with Crippen LogP contribution < -0.4 is 10.5 Å². The Labute approximate surface area is 146 Å². The summed E-state index contributed by atoms with van der Waals surface area (Å²) in [5, 5.41) is 9.37. The van der Waals surface area contributed by atoms with Crippen LogP contribution in [0.15, 0.2) is 42.5 Å². The van der Waals surface area contributed by atoms with Crippen molar-refractivity contribution >= 4 is 30.0 Å². The molecule has 2 aromatic rings. The Kier molecular flexibility index (Phi) is 7.36. The van der Waals surface area contributed by atoms with E-state index < -0.39 is 5.97 Å². The fourth-order valence-electron chi connectivity index (χ4n) is 2.33. The fraction of sp³-hybridized carbons (Fsp3) is 0.235. The van der Waals surface area contributed by atoms with E-state index in [0.29, 0.717) is 11.4 Å². The quantitative estimate of drug-likeness (QED) is 0.826. The molecule has 0 bridgehead atoms. The minimum atomic E-state index is -0.882. The van der Waals surface area contributed by atoms with Crippen molar-refractivity contribution in [2.45, 2.75) is 18.9 Å². The van der Waals surface area contributed by atoms with Gasteiger partial charge in [-0.3, -0.25) is 4.79 Å². The van der Waals surface area contributed by atoms with Gasteiger partial charge in [-0.15, -0.1) is 12.4 Å². The van der Waals surface area contributed by atoms with Crippen molar-refractivity contribution in [2.24, 2.45) is 5.73 Å². The van der Waals surface area contributed by atoms with Gasteiger partial charge in [0.1, 0.15) is 5.75 Å². The number of carboxylic acid groups (broad SMARTS) is 1.